The van der Waals surface area contributed by atoms with Gasteiger partial charge in [0.05, 0.1) is 41.0 Å². The minimum absolute atomic E-state index is 0.00206. The van der Waals surface area contributed by atoms with E-state index < -0.39 is 6.29 Å². The molecule has 3 aromatic heterocycles. The summed E-state index contributed by atoms with van der Waals surface area (Å²) in [4.78, 5) is 17.7. The van der Waals surface area contributed by atoms with Gasteiger partial charge in [-0.15, -0.1) is 0 Å². The highest BCUT2D eigenvalue weighted by atomic mass is 35.5. The third-order valence-corrected chi connectivity index (χ3v) is 6.24. The number of hydrogen-bond acceptors (Lipinski definition) is 6. The first-order valence-electron chi connectivity index (χ1n) is 10.9. The zero-order valence-electron chi connectivity index (χ0n) is 18.5. The van der Waals surface area contributed by atoms with Crippen LogP contribution in [-0.2, 0) is 17.7 Å². The summed E-state index contributed by atoms with van der Waals surface area (Å²) in [6, 6.07) is 7.44. The highest BCUT2D eigenvalue weighted by molar-refractivity contribution is 6.32. The molecule has 5 rings (SSSR count). The lowest BCUT2D eigenvalue weighted by atomic mass is 10.1. The minimum Gasteiger partial charge on any atom is -0.490 e. The molecule has 4 aromatic rings. The molecule has 1 aliphatic rings. The minimum atomic E-state index is -1.11. The fraction of sp³-hybridized carbons (Fsp3) is 0.375. The van der Waals surface area contributed by atoms with Crippen molar-refractivity contribution in [2.45, 2.75) is 39.0 Å². The number of hydrogen-bond donors (Lipinski definition) is 1. The first kappa shape index (κ1) is 21.9. The van der Waals surface area contributed by atoms with E-state index in [9.17, 15) is 9.90 Å². The maximum Gasteiger partial charge on any atom is 0.211 e. The van der Waals surface area contributed by atoms with Gasteiger partial charge in [0.1, 0.15) is 11.3 Å². The average molecular weight is 469 g/mol. The summed E-state index contributed by atoms with van der Waals surface area (Å²) in [6.45, 7) is 2.91. The van der Waals surface area contributed by atoms with Gasteiger partial charge in [-0.3, -0.25) is 9.48 Å². The number of methoxy groups -OCH3 is 1. The Bertz CT molecular complexity index is 1390. The number of rotatable bonds is 8. The lowest BCUT2D eigenvalue weighted by Gasteiger charge is -2.14. The van der Waals surface area contributed by atoms with Gasteiger partial charge in [-0.05, 0) is 37.3 Å². The quantitative estimate of drug-likeness (QED) is 0.399. The Morgan fingerprint density at radius 3 is 2.88 bits per heavy atom. The van der Waals surface area contributed by atoms with Crippen molar-refractivity contribution in [1.82, 2.24) is 19.2 Å². The van der Waals surface area contributed by atoms with Gasteiger partial charge in [-0.2, -0.15) is 5.10 Å². The highest BCUT2D eigenvalue weighted by Gasteiger charge is 2.22. The van der Waals surface area contributed by atoms with Crippen molar-refractivity contribution in [2.75, 3.05) is 13.7 Å². The monoisotopic (exact) mass is 468 g/mol. The van der Waals surface area contributed by atoms with Gasteiger partial charge < -0.3 is 19.0 Å². The maximum atomic E-state index is 13.0. The molecule has 1 unspecified atom stereocenters. The van der Waals surface area contributed by atoms with Crippen molar-refractivity contribution < 1.29 is 14.6 Å². The smallest absolute Gasteiger partial charge is 0.211 e. The Balaban J connectivity index is 1.53. The molecule has 1 atom stereocenters. The van der Waals surface area contributed by atoms with Crippen LogP contribution in [0.2, 0.25) is 5.02 Å². The Morgan fingerprint density at radius 1 is 1.30 bits per heavy atom. The molecule has 1 aromatic carbocycles. The summed E-state index contributed by atoms with van der Waals surface area (Å²) in [6.07, 6.45) is 5.06. The van der Waals surface area contributed by atoms with E-state index in [4.69, 9.17) is 21.1 Å². The van der Waals surface area contributed by atoms with Crippen LogP contribution in [0.25, 0.3) is 16.6 Å². The van der Waals surface area contributed by atoms with Crippen LogP contribution >= 0.6 is 11.6 Å². The van der Waals surface area contributed by atoms with E-state index in [0.717, 1.165) is 11.3 Å². The Kier molecular flexibility index (Phi) is 5.82. The molecular formula is C24H25ClN4O4. The van der Waals surface area contributed by atoms with Gasteiger partial charge in [-0.25, -0.2) is 4.98 Å². The molecule has 33 heavy (non-hydrogen) atoms. The summed E-state index contributed by atoms with van der Waals surface area (Å²) in [7, 11) is 1.39. The lowest BCUT2D eigenvalue weighted by molar-refractivity contribution is -0.0729. The van der Waals surface area contributed by atoms with E-state index in [1.54, 1.807) is 10.7 Å². The van der Waals surface area contributed by atoms with Crippen LogP contribution in [0.1, 0.15) is 29.8 Å². The molecule has 8 nitrogen and oxygen atoms in total. The molecule has 0 bridgehead atoms. The summed E-state index contributed by atoms with van der Waals surface area (Å²) in [5.41, 5.74) is 3.05. The van der Waals surface area contributed by atoms with E-state index in [1.807, 2.05) is 41.9 Å². The predicted octanol–water partition coefficient (Wildman–Crippen LogP) is 3.35. The largest absolute Gasteiger partial charge is 0.490 e. The topological polar surface area (TPSA) is 90.9 Å². The van der Waals surface area contributed by atoms with Gasteiger partial charge in [0, 0.05) is 25.8 Å². The Hall–Kier alpha value is -2.94. The van der Waals surface area contributed by atoms with E-state index in [2.05, 4.69) is 10.1 Å². The number of aryl methyl sites for hydroxylation is 1. The molecule has 9 heteroatoms. The van der Waals surface area contributed by atoms with Crippen LogP contribution in [0.4, 0.5) is 0 Å². The molecule has 0 amide bonds. The number of imidazole rings is 1. The lowest BCUT2D eigenvalue weighted by Crippen LogP contribution is -2.25. The van der Waals surface area contributed by atoms with Crippen LogP contribution in [-0.4, -0.2) is 44.3 Å². The Morgan fingerprint density at radius 2 is 2.12 bits per heavy atom. The number of nitrogens with zero attached hydrogens (tertiary/aromatic N) is 4. The highest BCUT2D eigenvalue weighted by Crippen LogP contribution is 2.32. The molecule has 1 saturated carbocycles. The van der Waals surface area contributed by atoms with Crippen molar-refractivity contribution in [3.05, 3.63) is 68.9 Å². The molecule has 0 radical (unpaired) electrons. The number of aromatic nitrogens is 4. The molecule has 0 aliphatic heterocycles. The van der Waals surface area contributed by atoms with Crippen LogP contribution in [0.15, 0.2) is 41.5 Å². The Labute approximate surface area is 195 Å². The number of aliphatic hydroxyl groups is 1. The number of halogens is 1. The average Bonchev–Trinajstić information content (AvgIpc) is 3.54. The van der Waals surface area contributed by atoms with Crippen molar-refractivity contribution in [3.63, 3.8) is 0 Å². The molecule has 1 fully saturated rings. The van der Waals surface area contributed by atoms with Crippen molar-refractivity contribution >= 4 is 28.2 Å². The van der Waals surface area contributed by atoms with Gasteiger partial charge in [0.15, 0.2) is 12.0 Å². The second kappa shape index (κ2) is 8.78. The summed E-state index contributed by atoms with van der Waals surface area (Å²) in [5, 5.41) is 15.6. The second-order valence-corrected chi connectivity index (χ2v) is 8.94. The number of pyridine rings is 1. The van der Waals surface area contributed by atoms with Crippen LogP contribution < -0.4 is 10.2 Å². The van der Waals surface area contributed by atoms with Gasteiger partial charge >= 0.3 is 0 Å². The number of ether oxygens (including phenoxy) is 2. The van der Waals surface area contributed by atoms with E-state index in [0.29, 0.717) is 46.4 Å². The zero-order chi connectivity index (χ0) is 23.1. The number of benzene rings is 1. The molecule has 1 N–H and O–H groups in total. The SMILES string of the molecule is COC(O)Cc1nn(Cc2cn3cc(OCC4CC4)c(Cl)cc3n2)c2cccc(C)c2c1=O. The molecule has 0 spiro atoms. The van der Waals surface area contributed by atoms with Crippen LogP contribution in [0, 0.1) is 12.8 Å². The van der Waals surface area contributed by atoms with Crippen molar-refractivity contribution in [2.24, 2.45) is 5.92 Å². The molecule has 1 aliphatic carbocycles. The summed E-state index contributed by atoms with van der Waals surface area (Å²) >= 11 is 6.41. The second-order valence-electron chi connectivity index (χ2n) is 8.53. The summed E-state index contributed by atoms with van der Waals surface area (Å²) in [5.74, 6) is 1.27. The van der Waals surface area contributed by atoms with E-state index >= 15 is 0 Å². The molecule has 0 saturated heterocycles. The fourth-order valence-electron chi connectivity index (χ4n) is 3.93. The van der Waals surface area contributed by atoms with Gasteiger partial charge in [0.25, 0.3) is 0 Å². The predicted molar refractivity (Wildman–Crippen MR) is 125 cm³/mol. The van der Waals surface area contributed by atoms with E-state index in [-0.39, 0.29) is 17.5 Å². The summed E-state index contributed by atoms with van der Waals surface area (Å²) < 4.78 is 14.4. The zero-order valence-corrected chi connectivity index (χ0v) is 19.2. The first-order chi connectivity index (χ1) is 15.9. The van der Waals surface area contributed by atoms with Gasteiger partial charge in [0.2, 0.25) is 5.43 Å². The molecule has 172 valence electrons. The van der Waals surface area contributed by atoms with E-state index in [1.165, 1.54) is 20.0 Å². The fourth-order valence-corrected chi connectivity index (χ4v) is 4.13. The number of fused-ring (bicyclic) bond motifs is 2. The van der Waals surface area contributed by atoms with Crippen LogP contribution in [0.3, 0.4) is 0 Å². The molecular weight excluding hydrogens is 444 g/mol. The standard InChI is InChI=1S/C24H25ClN4O4/c1-14-4-3-5-19-23(14)24(31)18(9-22(30)32-2)27-29(19)11-16-10-28-12-20(33-13-15-6-7-15)17(25)8-21(28)26-16/h3-5,8,10,12,15,22,30H,6-7,9,11,13H2,1-2H3. The first-order valence-corrected chi connectivity index (χ1v) is 11.3. The maximum absolute atomic E-state index is 13.0. The molecule has 3 heterocycles. The van der Waals surface area contributed by atoms with Crippen LogP contribution in [0.5, 0.6) is 5.75 Å². The van der Waals surface area contributed by atoms with Gasteiger partial charge in [-0.1, -0.05) is 23.7 Å². The third-order valence-electron chi connectivity index (χ3n) is 5.94. The van der Waals surface area contributed by atoms with Crippen molar-refractivity contribution in [1.29, 1.82) is 0 Å². The normalized spacial score (nSPS) is 14.8. The number of aliphatic hydroxyl groups excluding tert-OH is 1. The van der Waals surface area contributed by atoms with Crippen molar-refractivity contribution in [3.8, 4) is 5.75 Å². The third kappa shape index (κ3) is 4.46.